The Kier molecular flexibility index (Phi) is 8.38. The van der Waals surface area contributed by atoms with Gasteiger partial charge in [-0.1, -0.05) is 19.9 Å². The molecule has 1 saturated heterocycles. The highest BCUT2D eigenvalue weighted by Gasteiger charge is 2.24. The van der Waals surface area contributed by atoms with Gasteiger partial charge in [-0.25, -0.2) is 0 Å². The molecular weight excluding hydrogens is 342 g/mol. The van der Waals surface area contributed by atoms with Gasteiger partial charge in [0.2, 0.25) is 0 Å². The van der Waals surface area contributed by atoms with Gasteiger partial charge in [-0.2, -0.15) is 0 Å². The molecule has 0 saturated carbocycles. The third kappa shape index (κ3) is 6.89. The van der Waals surface area contributed by atoms with Crippen LogP contribution in [0.3, 0.4) is 0 Å². The second kappa shape index (κ2) is 10.3. The standard InChI is InChI=1S/C20H37N5S/c1-6-21-19(23-15-20(2,3)16-24(4)5)22-14-17(18-10-9-13-26-18)25-11-7-8-12-25/h9-10,13,17H,6-8,11-12,14-16H2,1-5H3,(H2,21,22,23). The van der Waals surface area contributed by atoms with E-state index in [4.69, 9.17) is 4.99 Å². The monoisotopic (exact) mass is 379 g/mol. The summed E-state index contributed by atoms with van der Waals surface area (Å²) in [6, 6.07) is 4.86. The molecule has 1 aliphatic rings. The largest absolute Gasteiger partial charge is 0.357 e. The second-order valence-electron chi connectivity index (χ2n) is 8.25. The maximum atomic E-state index is 4.87. The number of thiophene rings is 1. The molecule has 0 radical (unpaired) electrons. The van der Waals surface area contributed by atoms with Gasteiger partial charge in [0.05, 0.1) is 6.04 Å². The Bertz CT molecular complexity index is 532. The van der Waals surface area contributed by atoms with E-state index in [9.17, 15) is 0 Å². The van der Waals surface area contributed by atoms with Crippen LogP contribution >= 0.6 is 11.3 Å². The molecule has 2 heterocycles. The molecule has 0 aromatic carbocycles. The molecule has 26 heavy (non-hydrogen) atoms. The molecule has 1 aromatic rings. The molecule has 2 rings (SSSR count). The predicted molar refractivity (Wildman–Crippen MR) is 114 cm³/mol. The molecule has 0 amide bonds. The summed E-state index contributed by atoms with van der Waals surface area (Å²) in [4.78, 5) is 11.2. The highest BCUT2D eigenvalue weighted by molar-refractivity contribution is 7.10. The quantitative estimate of drug-likeness (QED) is 0.511. The molecule has 0 bridgehead atoms. The van der Waals surface area contributed by atoms with Gasteiger partial charge in [-0.3, -0.25) is 9.89 Å². The maximum absolute atomic E-state index is 4.87. The van der Waals surface area contributed by atoms with Crippen LogP contribution in [-0.4, -0.2) is 69.1 Å². The van der Waals surface area contributed by atoms with Crippen molar-refractivity contribution in [2.45, 2.75) is 39.7 Å². The first-order valence-electron chi connectivity index (χ1n) is 9.85. The molecule has 6 heteroatoms. The highest BCUT2D eigenvalue weighted by Crippen LogP contribution is 2.27. The SMILES string of the molecule is CCNC(=NCC(C)(C)CN(C)C)NCC(c1cccs1)N1CCCC1. The van der Waals surface area contributed by atoms with Crippen LogP contribution in [0.15, 0.2) is 22.5 Å². The zero-order valence-corrected chi connectivity index (χ0v) is 18.0. The minimum Gasteiger partial charge on any atom is -0.357 e. The Balaban J connectivity index is 1.99. The second-order valence-corrected chi connectivity index (χ2v) is 9.23. The smallest absolute Gasteiger partial charge is 0.191 e. The third-order valence-electron chi connectivity index (χ3n) is 4.67. The van der Waals surface area contributed by atoms with Crippen molar-refractivity contribution < 1.29 is 0 Å². The molecular formula is C20H37N5S. The summed E-state index contributed by atoms with van der Waals surface area (Å²) in [7, 11) is 4.24. The molecule has 1 unspecified atom stereocenters. The van der Waals surface area contributed by atoms with E-state index in [1.807, 2.05) is 11.3 Å². The van der Waals surface area contributed by atoms with Crippen molar-refractivity contribution in [1.82, 2.24) is 20.4 Å². The fourth-order valence-corrected chi connectivity index (χ4v) is 4.54. The van der Waals surface area contributed by atoms with Crippen molar-refractivity contribution in [1.29, 1.82) is 0 Å². The van der Waals surface area contributed by atoms with E-state index in [2.05, 4.69) is 72.8 Å². The van der Waals surface area contributed by atoms with Gasteiger partial charge >= 0.3 is 0 Å². The van der Waals surface area contributed by atoms with Crippen molar-refractivity contribution in [3.8, 4) is 0 Å². The normalized spacial score (nSPS) is 17.7. The van der Waals surface area contributed by atoms with Crippen molar-refractivity contribution in [2.24, 2.45) is 10.4 Å². The Hall–Kier alpha value is -1.11. The van der Waals surface area contributed by atoms with Crippen LogP contribution in [-0.2, 0) is 0 Å². The average Bonchev–Trinajstić information content (AvgIpc) is 3.25. The summed E-state index contributed by atoms with van der Waals surface area (Å²) in [6.07, 6.45) is 2.63. The summed E-state index contributed by atoms with van der Waals surface area (Å²) < 4.78 is 0. The van der Waals surface area contributed by atoms with Crippen molar-refractivity contribution in [3.63, 3.8) is 0 Å². The van der Waals surface area contributed by atoms with Crippen LogP contribution in [0.2, 0.25) is 0 Å². The van der Waals surface area contributed by atoms with E-state index in [1.54, 1.807) is 0 Å². The summed E-state index contributed by atoms with van der Waals surface area (Å²) in [5, 5.41) is 9.19. The number of hydrogen-bond acceptors (Lipinski definition) is 4. The highest BCUT2D eigenvalue weighted by atomic mass is 32.1. The van der Waals surface area contributed by atoms with E-state index >= 15 is 0 Å². The Morgan fingerprint density at radius 1 is 1.31 bits per heavy atom. The van der Waals surface area contributed by atoms with Gasteiger partial charge in [0, 0.05) is 31.1 Å². The van der Waals surface area contributed by atoms with E-state index in [-0.39, 0.29) is 5.41 Å². The minimum atomic E-state index is 0.161. The number of likely N-dealkylation sites (tertiary alicyclic amines) is 1. The zero-order valence-electron chi connectivity index (χ0n) is 17.2. The molecule has 148 valence electrons. The van der Waals surface area contributed by atoms with Crippen LogP contribution in [0.25, 0.3) is 0 Å². The lowest BCUT2D eigenvalue weighted by atomic mass is 9.93. The average molecular weight is 380 g/mol. The number of rotatable bonds is 9. The van der Waals surface area contributed by atoms with E-state index in [1.165, 1.54) is 30.8 Å². The van der Waals surface area contributed by atoms with Gasteiger partial charge in [0.15, 0.2) is 5.96 Å². The molecule has 0 spiro atoms. The van der Waals surface area contributed by atoms with Gasteiger partial charge in [-0.15, -0.1) is 11.3 Å². The van der Waals surface area contributed by atoms with Gasteiger partial charge in [0.1, 0.15) is 0 Å². The van der Waals surface area contributed by atoms with Crippen LogP contribution in [0, 0.1) is 5.41 Å². The molecule has 5 nitrogen and oxygen atoms in total. The third-order valence-corrected chi connectivity index (χ3v) is 5.64. The van der Waals surface area contributed by atoms with Crippen molar-refractivity contribution in [2.75, 3.05) is 53.4 Å². The molecule has 0 aliphatic carbocycles. The van der Waals surface area contributed by atoms with Crippen molar-refractivity contribution in [3.05, 3.63) is 22.4 Å². The van der Waals surface area contributed by atoms with E-state index in [0.29, 0.717) is 6.04 Å². The van der Waals surface area contributed by atoms with Crippen LogP contribution < -0.4 is 10.6 Å². The van der Waals surface area contributed by atoms with Gasteiger partial charge in [0.25, 0.3) is 0 Å². The fraction of sp³-hybridized carbons (Fsp3) is 0.750. The Labute approximate surface area is 163 Å². The lowest BCUT2D eigenvalue weighted by molar-refractivity contribution is 0.245. The Morgan fingerprint density at radius 2 is 2.04 bits per heavy atom. The number of aliphatic imine (C=N–C) groups is 1. The van der Waals surface area contributed by atoms with Gasteiger partial charge in [-0.05, 0) is 63.8 Å². The zero-order chi connectivity index (χ0) is 19.0. The molecule has 1 atom stereocenters. The molecule has 1 fully saturated rings. The first-order chi connectivity index (χ1) is 12.4. The van der Waals surface area contributed by atoms with Crippen LogP contribution in [0.1, 0.15) is 44.5 Å². The first kappa shape index (κ1) is 21.2. The first-order valence-corrected chi connectivity index (χ1v) is 10.7. The van der Waals surface area contributed by atoms with E-state index < -0.39 is 0 Å². The maximum Gasteiger partial charge on any atom is 0.191 e. The van der Waals surface area contributed by atoms with Gasteiger partial charge < -0.3 is 15.5 Å². The lowest BCUT2D eigenvalue weighted by Crippen LogP contribution is -2.43. The summed E-state index contributed by atoms with van der Waals surface area (Å²) in [5.41, 5.74) is 0.161. The minimum absolute atomic E-state index is 0.161. The summed E-state index contributed by atoms with van der Waals surface area (Å²) in [6.45, 7) is 12.7. The number of nitrogens with one attached hydrogen (secondary N) is 2. The topological polar surface area (TPSA) is 42.9 Å². The van der Waals surface area contributed by atoms with E-state index in [0.717, 1.165) is 32.1 Å². The molecule has 1 aromatic heterocycles. The summed E-state index contributed by atoms with van der Waals surface area (Å²) in [5.74, 6) is 0.931. The van der Waals surface area contributed by atoms with Crippen LogP contribution in [0.5, 0.6) is 0 Å². The number of hydrogen-bond donors (Lipinski definition) is 2. The Morgan fingerprint density at radius 3 is 2.62 bits per heavy atom. The molecule has 1 aliphatic heterocycles. The number of nitrogens with zero attached hydrogens (tertiary/aromatic N) is 3. The van der Waals surface area contributed by atoms with Crippen LogP contribution in [0.4, 0.5) is 0 Å². The number of guanidine groups is 1. The fourth-order valence-electron chi connectivity index (χ4n) is 3.68. The van der Waals surface area contributed by atoms with Crippen molar-refractivity contribution >= 4 is 17.3 Å². The lowest BCUT2D eigenvalue weighted by Gasteiger charge is -2.29. The summed E-state index contributed by atoms with van der Waals surface area (Å²) >= 11 is 1.86. The predicted octanol–water partition coefficient (Wildman–Crippen LogP) is 3.03. The molecule has 2 N–H and O–H groups in total.